The summed E-state index contributed by atoms with van der Waals surface area (Å²) in [6, 6.07) is 26.2. The van der Waals surface area contributed by atoms with Gasteiger partial charge in [-0.05, 0) is 52.2 Å². The van der Waals surface area contributed by atoms with Gasteiger partial charge in [0.1, 0.15) is 5.76 Å². The number of hydrogen-bond acceptors (Lipinski definition) is 5. The van der Waals surface area contributed by atoms with Gasteiger partial charge >= 0.3 is 5.97 Å². The van der Waals surface area contributed by atoms with Crippen molar-refractivity contribution in [1.29, 1.82) is 0 Å². The number of ketones is 1. The second-order valence-electron chi connectivity index (χ2n) is 9.45. The van der Waals surface area contributed by atoms with Crippen LogP contribution in [-0.2, 0) is 20.8 Å². The zero-order valence-corrected chi connectivity index (χ0v) is 21.0. The lowest BCUT2D eigenvalue weighted by atomic mass is 9.94. The Balaban J connectivity index is 1.66. The maximum Gasteiger partial charge on any atom is 0.307 e. The van der Waals surface area contributed by atoms with Crippen molar-refractivity contribution in [1.82, 2.24) is 0 Å². The average molecular weight is 507 g/mol. The van der Waals surface area contributed by atoms with E-state index in [1.165, 1.54) is 4.90 Å². The SMILES string of the molecule is CN(C)c1ccc(C2/C(=C(/O)c3ccc4ccccc4c3)C(=O)C(=O)N2c2ccc(CC(=O)O)cc2)cc1. The van der Waals surface area contributed by atoms with Crippen LogP contribution in [0.1, 0.15) is 22.7 Å². The summed E-state index contributed by atoms with van der Waals surface area (Å²) in [5, 5.41) is 22.4. The Hall–Kier alpha value is -4.91. The van der Waals surface area contributed by atoms with Gasteiger partial charge in [-0.3, -0.25) is 19.3 Å². The Bertz CT molecular complexity index is 1590. The van der Waals surface area contributed by atoms with E-state index in [-0.39, 0.29) is 17.8 Å². The Morgan fingerprint density at radius 2 is 1.50 bits per heavy atom. The van der Waals surface area contributed by atoms with Gasteiger partial charge in [-0.25, -0.2) is 0 Å². The molecule has 1 atom stereocenters. The van der Waals surface area contributed by atoms with Crippen LogP contribution in [0.4, 0.5) is 11.4 Å². The third kappa shape index (κ3) is 4.50. The van der Waals surface area contributed by atoms with Crippen LogP contribution in [0.2, 0.25) is 0 Å². The van der Waals surface area contributed by atoms with Crippen LogP contribution in [0.15, 0.2) is 96.6 Å². The maximum absolute atomic E-state index is 13.4. The first kappa shape index (κ1) is 24.8. The number of aliphatic carboxylic acids is 1. The van der Waals surface area contributed by atoms with E-state index in [0.717, 1.165) is 16.5 Å². The van der Waals surface area contributed by atoms with Gasteiger partial charge in [0.25, 0.3) is 11.7 Å². The molecule has 0 spiro atoms. The molecule has 5 rings (SSSR count). The predicted octanol–water partition coefficient (Wildman–Crippen LogP) is 5.16. The van der Waals surface area contributed by atoms with Gasteiger partial charge in [0.2, 0.25) is 0 Å². The Labute approximate surface area is 219 Å². The summed E-state index contributed by atoms with van der Waals surface area (Å²) in [6.07, 6.45) is -0.156. The molecule has 0 radical (unpaired) electrons. The van der Waals surface area contributed by atoms with E-state index in [9.17, 15) is 19.5 Å². The number of amides is 1. The first-order valence-electron chi connectivity index (χ1n) is 12.1. The van der Waals surface area contributed by atoms with Crippen molar-refractivity contribution in [3.8, 4) is 0 Å². The molecule has 1 saturated heterocycles. The van der Waals surface area contributed by atoms with E-state index in [2.05, 4.69) is 0 Å². The summed E-state index contributed by atoms with van der Waals surface area (Å²) in [6.45, 7) is 0. The lowest BCUT2D eigenvalue weighted by Gasteiger charge is -2.26. The van der Waals surface area contributed by atoms with Crippen molar-refractivity contribution in [3.05, 3.63) is 113 Å². The average Bonchev–Trinajstić information content (AvgIpc) is 3.18. The number of aliphatic hydroxyl groups excluding tert-OH is 1. The zero-order valence-electron chi connectivity index (χ0n) is 21.0. The molecule has 0 aliphatic carbocycles. The van der Waals surface area contributed by atoms with Crippen LogP contribution in [0.5, 0.6) is 0 Å². The van der Waals surface area contributed by atoms with E-state index >= 15 is 0 Å². The van der Waals surface area contributed by atoms with Crippen molar-refractivity contribution >= 4 is 45.6 Å². The van der Waals surface area contributed by atoms with Gasteiger partial charge in [-0.15, -0.1) is 0 Å². The predicted molar refractivity (Wildman–Crippen MR) is 147 cm³/mol. The number of nitrogens with zero attached hydrogens (tertiary/aromatic N) is 2. The summed E-state index contributed by atoms with van der Waals surface area (Å²) in [7, 11) is 3.83. The molecule has 1 amide bonds. The molecule has 1 heterocycles. The highest BCUT2D eigenvalue weighted by Gasteiger charge is 2.47. The number of hydrogen-bond donors (Lipinski definition) is 2. The number of rotatable bonds is 6. The molecule has 38 heavy (non-hydrogen) atoms. The highest BCUT2D eigenvalue weighted by Crippen LogP contribution is 2.42. The number of benzene rings is 4. The number of carbonyl (C=O) groups excluding carboxylic acids is 2. The largest absolute Gasteiger partial charge is 0.507 e. The van der Waals surface area contributed by atoms with Crippen molar-refractivity contribution in [3.63, 3.8) is 0 Å². The number of anilines is 2. The Kier molecular flexibility index (Phi) is 6.43. The fourth-order valence-corrected chi connectivity index (χ4v) is 4.81. The number of carbonyl (C=O) groups is 3. The first-order valence-corrected chi connectivity index (χ1v) is 12.1. The van der Waals surface area contributed by atoms with Crippen LogP contribution in [0.25, 0.3) is 16.5 Å². The molecule has 1 aliphatic heterocycles. The molecule has 2 N–H and O–H groups in total. The number of carboxylic acids is 1. The fourth-order valence-electron chi connectivity index (χ4n) is 4.81. The minimum atomic E-state index is -0.963. The summed E-state index contributed by atoms with van der Waals surface area (Å²) < 4.78 is 0. The van der Waals surface area contributed by atoms with Crippen LogP contribution in [0, 0.1) is 0 Å². The van der Waals surface area contributed by atoms with Gasteiger partial charge in [-0.1, -0.05) is 60.7 Å². The van der Waals surface area contributed by atoms with E-state index in [0.29, 0.717) is 22.4 Å². The van der Waals surface area contributed by atoms with Gasteiger partial charge in [0.05, 0.1) is 18.0 Å². The van der Waals surface area contributed by atoms with Gasteiger partial charge in [0, 0.05) is 31.0 Å². The third-order valence-electron chi connectivity index (χ3n) is 6.76. The number of carboxylic acid groups (broad SMARTS) is 1. The molecule has 1 unspecified atom stereocenters. The highest BCUT2D eigenvalue weighted by molar-refractivity contribution is 6.51. The lowest BCUT2D eigenvalue weighted by molar-refractivity contribution is -0.136. The molecule has 0 aromatic heterocycles. The summed E-state index contributed by atoms with van der Waals surface area (Å²) in [5.41, 5.74) is 3.04. The summed E-state index contributed by atoms with van der Waals surface area (Å²) >= 11 is 0. The molecule has 1 fully saturated rings. The number of fused-ring (bicyclic) bond motifs is 1. The molecular weight excluding hydrogens is 480 g/mol. The molecular formula is C31H26N2O5. The second-order valence-corrected chi connectivity index (χ2v) is 9.45. The minimum Gasteiger partial charge on any atom is -0.507 e. The highest BCUT2D eigenvalue weighted by atomic mass is 16.4. The van der Waals surface area contributed by atoms with Crippen molar-refractivity contribution in [2.24, 2.45) is 0 Å². The second kappa shape index (κ2) is 9.86. The molecule has 7 nitrogen and oxygen atoms in total. The van der Waals surface area contributed by atoms with Gasteiger partial charge < -0.3 is 15.1 Å². The van der Waals surface area contributed by atoms with Crippen LogP contribution in [0.3, 0.4) is 0 Å². The quantitative estimate of drug-likeness (QED) is 0.213. The maximum atomic E-state index is 13.4. The summed E-state index contributed by atoms with van der Waals surface area (Å²) in [5.74, 6) is -2.76. The van der Waals surface area contributed by atoms with Crippen LogP contribution >= 0.6 is 0 Å². The van der Waals surface area contributed by atoms with Gasteiger partial charge in [-0.2, -0.15) is 0 Å². The molecule has 190 valence electrons. The Morgan fingerprint density at radius 3 is 2.13 bits per heavy atom. The van der Waals surface area contributed by atoms with Gasteiger partial charge in [0.15, 0.2) is 0 Å². The van der Waals surface area contributed by atoms with Crippen LogP contribution in [-0.4, -0.2) is 42.0 Å². The number of aliphatic hydroxyl groups is 1. The topological polar surface area (TPSA) is 98.2 Å². The lowest BCUT2D eigenvalue weighted by Crippen LogP contribution is -2.29. The molecule has 4 aromatic rings. The van der Waals surface area contributed by atoms with Crippen molar-refractivity contribution in [2.75, 3.05) is 23.9 Å². The van der Waals surface area contributed by atoms with Crippen molar-refractivity contribution in [2.45, 2.75) is 12.5 Å². The Morgan fingerprint density at radius 1 is 0.842 bits per heavy atom. The monoisotopic (exact) mass is 506 g/mol. The number of Topliss-reactive ketones (excluding diaryl/α,β-unsaturated/α-hetero) is 1. The van der Waals surface area contributed by atoms with E-state index in [1.807, 2.05) is 73.6 Å². The standard InChI is InChI=1S/C31H26N2O5/c1-32(2)24-15-11-21(12-16-24)28-27(29(36)23-10-9-20-5-3-4-6-22(20)18-23)30(37)31(38)33(28)25-13-7-19(8-14-25)17-26(34)35/h3-16,18,28,36H,17H2,1-2H3,(H,34,35)/b29-27-. The first-order chi connectivity index (χ1) is 18.2. The molecule has 1 aliphatic rings. The molecule has 0 bridgehead atoms. The fraction of sp³-hybridized carbons (Fsp3) is 0.129. The molecule has 0 saturated carbocycles. The van der Waals surface area contributed by atoms with E-state index in [1.54, 1.807) is 36.4 Å². The normalized spacial score (nSPS) is 16.7. The van der Waals surface area contributed by atoms with E-state index in [4.69, 9.17) is 5.11 Å². The van der Waals surface area contributed by atoms with Crippen molar-refractivity contribution < 1.29 is 24.6 Å². The van der Waals surface area contributed by atoms with E-state index < -0.39 is 23.7 Å². The smallest absolute Gasteiger partial charge is 0.307 e. The summed E-state index contributed by atoms with van der Waals surface area (Å²) in [4.78, 5) is 41.3. The zero-order chi connectivity index (χ0) is 27.0. The molecule has 4 aromatic carbocycles. The third-order valence-corrected chi connectivity index (χ3v) is 6.76. The van der Waals surface area contributed by atoms with Crippen LogP contribution < -0.4 is 9.80 Å². The minimum absolute atomic E-state index is 0.00232. The molecule has 7 heteroatoms.